The number of alkyl halides is 6. The number of carbonyl (C=O) groups is 1. The van der Waals surface area contributed by atoms with Crippen molar-refractivity contribution in [2.24, 2.45) is 0 Å². The zero-order valence-electron chi connectivity index (χ0n) is 13.2. The molecule has 0 spiro atoms. The molecule has 0 unspecified atom stereocenters. The lowest BCUT2D eigenvalue weighted by Crippen LogP contribution is -2.19. The predicted octanol–water partition coefficient (Wildman–Crippen LogP) is 5.45. The molecule has 2 aromatic carbocycles. The summed E-state index contributed by atoms with van der Waals surface area (Å²) in [5.74, 6) is -1.80. The lowest BCUT2D eigenvalue weighted by Gasteiger charge is -2.14. The summed E-state index contributed by atoms with van der Waals surface area (Å²) in [6.07, 6.45) is -9.53. The van der Waals surface area contributed by atoms with Gasteiger partial charge < -0.3 is 9.47 Å². The van der Waals surface area contributed by atoms with Crippen LogP contribution in [0, 0.1) is 0 Å². The van der Waals surface area contributed by atoms with Crippen LogP contribution in [0.1, 0.15) is 22.8 Å². The minimum Gasteiger partial charge on any atom is -0.462 e. The number of esters is 1. The largest absolute Gasteiger partial charge is 0.573 e. The van der Waals surface area contributed by atoms with Crippen LogP contribution in [0.5, 0.6) is 5.75 Å². The van der Waals surface area contributed by atoms with Gasteiger partial charge in [-0.3, -0.25) is 0 Å². The summed E-state index contributed by atoms with van der Waals surface area (Å²) < 4.78 is 83.7. The van der Waals surface area contributed by atoms with Crippen molar-refractivity contribution in [1.82, 2.24) is 0 Å². The molecule has 0 aliphatic rings. The summed E-state index contributed by atoms with van der Waals surface area (Å²) in [5, 5.41) is 0. The molecule has 2 rings (SSSR count). The van der Waals surface area contributed by atoms with E-state index in [9.17, 15) is 31.1 Å². The summed E-state index contributed by atoms with van der Waals surface area (Å²) in [7, 11) is 0. The molecule has 3 nitrogen and oxygen atoms in total. The standard InChI is InChI=1S/C17H12F6O3/c1-2-25-15(24)13-9-11(5-8-14(13)26-17(21,22)23)10-3-6-12(7-4-10)16(18,19)20/h3-9H,2H2,1H3. The molecule has 0 fully saturated rings. The normalized spacial score (nSPS) is 12.0. The van der Waals surface area contributed by atoms with E-state index in [1.165, 1.54) is 13.0 Å². The Balaban J connectivity index is 2.44. The summed E-state index contributed by atoms with van der Waals surface area (Å²) in [6, 6.07) is 7.15. The minimum atomic E-state index is -5.02. The SMILES string of the molecule is CCOC(=O)c1cc(-c2ccc(C(F)(F)F)cc2)ccc1OC(F)(F)F. The highest BCUT2D eigenvalue weighted by Crippen LogP contribution is 2.33. The molecule has 0 amide bonds. The Labute approximate surface area is 144 Å². The number of rotatable bonds is 4. The molecule has 0 radical (unpaired) electrons. The molecule has 9 heteroatoms. The first-order valence-corrected chi connectivity index (χ1v) is 7.26. The topological polar surface area (TPSA) is 35.5 Å². The number of ether oxygens (including phenoxy) is 2. The van der Waals surface area contributed by atoms with E-state index in [1.54, 1.807) is 0 Å². The fraction of sp³-hybridized carbons (Fsp3) is 0.235. The second kappa shape index (κ2) is 7.27. The van der Waals surface area contributed by atoms with Crippen LogP contribution in [0.2, 0.25) is 0 Å². The fourth-order valence-corrected chi connectivity index (χ4v) is 2.14. The quantitative estimate of drug-likeness (QED) is 0.524. The Hall–Kier alpha value is -2.71. The van der Waals surface area contributed by atoms with Crippen molar-refractivity contribution in [3.8, 4) is 16.9 Å². The average Bonchev–Trinajstić information content (AvgIpc) is 2.53. The lowest BCUT2D eigenvalue weighted by atomic mass is 10.0. The molecule has 0 aromatic heterocycles. The third-order valence-electron chi connectivity index (χ3n) is 3.25. The summed E-state index contributed by atoms with van der Waals surface area (Å²) in [4.78, 5) is 11.9. The zero-order chi connectivity index (χ0) is 19.5. The Morgan fingerprint density at radius 3 is 2.00 bits per heavy atom. The highest BCUT2D eigenvalue weighted by atomic mass is 19.4. The van der Waals surface area contributed by atoms with Gasteiger partial charge in [0.2, 0.25) is 0 Å². The summed E-state index contributed by atoms with van der Waals surface area (Å²) >= 11 is 0. The van der Waals surface area contributed by atoms with E-state index in [0.29, 0.717) is 0 Å². The Bertz CT molecular complexity index is 779. The maximum absolute atomic E-state index is 12.6. The molecule has 0 atom stereocenters. The van der Waals surface area contributed by atoms with E-state index in [-0.39, 0.29) is 17.7 Å². The van der Waals surface area contributed by atoms with Crippen molar-refractivity contribution in [3.63, 3.8) is 0 Å². The minimum absolute atomic E-state index is 0.0746. The van der Waals surface area contributed by atoms with Gasteiger partial charge in [0.15, 0.2) is 0 Å². The van der Waals surface area contributed by atoms with E-state index in [2.05, 4.69) is 4.74 Å². The number of hydrogen-bond acceptors (Lipinski definition) is 3. The number of carbonyl (C=O) groups excluding carboxylic acids is 1. The van der Waals surface area contributed by atoms with Crippen molar-refractivity contribution >= 4 is 5.97 Å². The van der Waals surface area contributed by atoms with Crippen molar-refractivity contribution in [1.29, 1.82) is 0 Å². The molecular formula is C17H12F6O3. The van der Waals surface area contributed by atoms with Crippen molar-refractivity contribution in [3.05, 3.63) is 53.6 Å². The first-order chi connectivity index (χ1) is 12.0. The molecule has 0 saturated heterocycles. The average molecular weight is 378 g/mol. The van der Waals surface area contributed by atoms with Crippen LogP contribution in [0.3, 0.4) is 0 Å². The molecular weight excluding hydrogens is 366 g/mol. The Morgan fingerprint density at radius 1 is 0.923 bits per heavy atom. The molecule has 0 heterocycles. The van der Waals surface area contributed by atoms with Gasteiger partial charge in [-0.15, -0.1) is 13.2 Å². The molecule has 2 aromatic rings. The van der Waals surface area contributed by atoms with Crippen molar-refractivity contribution < 1.29 is 40.6 Å². The molecule has 140 valence electrons. The molecule has 0 saturated carbocycles. The van der Waals surface area contributed by atoms with E-state index >= 15 is 0 Å². The third kappa shape index (κ3) is 4.90. The monoisotopic (exact) mass is 378 g/mol. The van der Waals surface area contributed by atoms with Crippen LogP contribution in [0.25, 0.3) is 11.1 Å². The highest BCUT2D eigenvalue weighted by molar-refractivity contribution is 5.94. The van der Waals surface area contributed by atoms with Crippen LogP contribution in [0.15, 0.2) is 42.5 Å². The molecule has 0 aliphatic heterocycles. The van der Waals surface area contributed by atoms with Crippen LogP contribution in [-0.4, -0.2) is 18.9 Å². The van der Waals surface area contributed by atoms with Gasteiger partial charge in [0.1, 0.15) is 11.3 Å². The predicted molar refractivity (Wildman–Crippen MR) is 79.5 cm³/mol. The number of halogens is 6. The second-order valence-corrected chi connectivity index (χ2v) is 5.05. The van der Waals surface area contributed by atoms with Gasteiger partial charge in [-0.1, -0.05) is 18.2 Å². The molecule has 0 N–H and O–H groups in total. The van der Waals surface area contributed by atoms with Crippen molar-refractivity contribution in [2.45, 2.75) is 19.5 Å². The maximum Gasteiger partial charge on any atom is 0.573 e. The first kappa shape index (κ1) is 19.6. The summed E-state index contributed by atoms with van der Waals surface area (Å²) in [5.41, 5.74) is -0.844. The van der Waals surface area contributed by atoms with Crippen LogP contribution in [0.4, 0.5) is 26.3 Å². The first-order valence-electron chi connectivity index (χ1n) is 7.26. The van der Waals surface area contributed by atoms with Gasteiger partial charge in [0.05, 0.1) is 12.2 Å². The second-order valence-electron chi connectivity index (χ2n) is 5.05. The van der Waals surface area contributed by atoms with E-state index in [0.717, 1.165) is 36.4 Å². The van der Waals surface area contributed by atoms with Gasteiger partial charge >= 0.3 is 18.5 Å². The number of hydrogen-bond donors (Lipinski definition) is 0. The van der Waals surface area contributed by atoms with Gasteiger partial charge in [0, 0.05) is 0 Å². The zero-order valence-corrected chi connectivity index (χ0v) is 13.2. The van der Waals surface area contributed by atoms with E-state index < -0.39 is 35.4 Å². The van der Waals surface area contributed by atoms with Crippen molar-refractivity contribution in [2.75, 3.05) is 6.61 Å². The molecule has 0 aliphatic carbocycles. The van der Waals surface area contributed by atoms with Gasteiger partial charge in [0.25, 0.3) is 0 Å². The van der Waals surface area contributed by atoms with Gasteiger partial charge in [-0.25, -0.2) is 4.79 Å². The Morgan fingerprint density at radius 2 is 1.50 bits per heavy atom. The van der Waals surface area contributed by atoms with Gasteiger partial charge in [-0.2, -0.15) is 13.2 Å². The summed E-state index contributed by atoms with van der Waals surface area (Å²) in [6.45, 7) is 1.40. The molecule has 0 bridgehead atoms. The lowest BCUT2D eigenvalue weighted by molar-refractivity contribution is -0.274. The van der Waals surface area contributed by atoms with Crippen LogP contribution >= 0.6 is 0 Å². The fourth-order valence-electron chi connectivity index (χ4n) is 2.14. The van der Waals surface area contributed by atoms with Gasteiger partial charge in [-0.05, 0) is 42.3 Å². The van der Waals surface area contributed by atoms with E-state index in [4.69, 9.17) is 4.74 Å². The maximum atomic E-state index is 12.6. The smallest absolute Gasteiger partial charge is 0.462 e. The van der Waals surface area contributed by atoms with Crippen LogP contribution in [-0.2, 0) is 10.9 Å². The molecule has 26 heavy (non-hydrogen) atoms. The number of benzene rings is 2. The highest BCUT2D eigenvalue weighted by Gasteiger charge is 2.33. The Kier molecular flexibility index (Phi) is 5.48. The van der Waals surface area contributed by atoms with Crippen LogP contribution < -0.4 is 4.74 Å². The van der Waals surface area contributed by atoms with E-state index in [1.807, 2.05) is 0 Å². The third-order valence-corrected chi connectivity index (χ3v) is 3.25.